The first kappa shape index (κ1) is 17.8. The molecule has 2 aromatic carbocycles. The van der Waals surface area contributed by atoms with E-state index in [0.717, 1.165) is 16.7 Å². The van der Waals surface area contributed by atoms with Gasteiger partial charge in [0.2, 0.25) is 0 Å². The normalized spacial score (nSPS) is 10.6. The van der Waals surface area contributed by atoms with Gasteiger partial charge in [-0.05, 0) is 32.9 Å². The molecule has 0 saturated carbocycles. The van der Waals surface area contributed by atoms with Gasteiger partial charge < -0.3 is 13.9 Å². The van der Waals surface area contributed by atoms with Gasteiger partial charge >= 0.3 is 5.97 Å². The SMILES string of the molecule is CCOC(=O)c1c(-c2ccccc2)oc(C)c1-c1cc(C)ccc1OC. The van der Waals surface area contributed by atoms with Gasteiger partial charge in [0, 0.05) is 16.7 Å². The standard InChI is InChI=1S/C22H22O4/c1-5-25-22(23)20-19(17-13-14(2)11-12-18(17)24-4)15(3)26-21(20)16-9-7-6-8-10-16/h6-13H,5H2,1-4H3. The summed E-state index contributed by atoms with van der Waals surface area (Å²) in [5.41, 5.74) is 3.86. The third-order valence-corrected chi connectivity index (χ3v) is 4.22. The molecule has 3 aromatic rings. The third kappa shape index (κ3) is 3.23. The number of carbonyl (C=O) groups is 1. The van der Waals surface area contributed by atoms with Crippen molar-refractivity contribution in [1.82, 2.24) is 0 Å². The number of aryl methyl sites for hydroxylation is 2. The molecule has 0 atom stereocenters. The quantitative estimate of drug-likeness (QED) is 0.577. The number of esters is 1. The summed E-state index contributed by atoms with van der Waals surface area (Å²) in [5, 5.41) is 0. The second-order valence-corrected chi connectivity index (χ2v) is 6.03. The summed E-state index contributed by atoms with van der Waals surface area (Å²) < 4.78 is 16.9. The topological polar surface area (TPSA) is 48.7 Å². The molecule has 134 valence electrons. The number of benzene rings is 2. The number of hydrogen-bond donors (Lipinski definition) is 0. The lowest BCUT2D eigenvalue weighted by Gasteiger charge is -2.11. The van der Waals surface area contributed by atoms with Gasteiger partial charge in [0.25, 0.3) is 0 Å². The smallest absolute Gasteiger partial charge is 0.342 e. The molecule has 0 N–H and O–H groups in total. The second kappa shape index (κ2) is 7.48. The van der Waals surface area contributed by atoms with Crippen molar-refractivity contribution in [3.05, 3.63) is 65.4 Å². The minimum absolute atomic E-state index is 0.293. The van der Waals surface area contributed by atoms with Crippen LogP contribution in [-0.4, -0.2) is 19.7 Å². The first-order valence-electron chi connectivity index (χ1n) is 8.57. The Balaban J connectivity index is 2.31. The Bertz CT molecular complexity index is 923. The molecule has 0 spiro atoms. The summed E-state index contributed by atoms with van der Waals surface area (Å²) in [5.74, 6) is 1.45. The Morgan fingerprint density at radius 3 is 2.46 bits per heavy atom. The van der Waals surface area contributed by atoms with Crippen LogP contribution in [0.5, 0.6) is 5.75 Å². The van der Waals surface area contributed by atoms with Crippen LogP contribution in [0.25, 0.3) is 22.5 Å². The largest absolute Gasteiger partial charge is 0.496 e. The number of hydrogen-bond acceptors (Lipinski definition) is 4. The number of ether oxygens (including phenoxy) is 2. The zero-order valence-corrected chi connectivity index (χ0v) is 15.5. The van der Waals surface area contributed by atoms with Crippen molar-refractivity contribution in [3.8, 4) is 28.2 Å². The molecule has 1 aromatic heterocycles. The van der Waals surface area contributed by atoms with Crippen LogP contribution in [0.2, 0.25) is 0 Å². The minimum atomic E-state index is -0.401. The van der Waals surface area contributed by atoms with Gasteiger partial charge in [-0.3, -0.25) is 0 Å². The van der Waals surface area contributed by atoms with E-state index in [-0.39, 0.29) is 0 Å². The lowest BCUT2D eigenvalue weighted by molar-refractivity contribution is 0.0527. The van der Waals surface area contributed by atoms with E-state index in [0.29, 0.717) is 35.0 Å². The van der Waals surface area contributed by atoms with Crippen LogP contribution in [-0.2, 0) is 4.74 Å². The molecule has 0 aliphatic carbocycles. The summed E-state index contributed by atoms with van der Waals surface area (Å²) >= 11 is 0. The maximum atomic E-state index is 12.8. The molecule has 0 unspecified atom stereocenters. The highest BCUT2D eigenvalue weighted by atomic mass is 16.5. The molecule has 1 heterocycles. The minimum Gasteiger partial charge on any atom is -0.496 e. The van der Waals surface area contributed by atoms with Crippen molar-refractivity contribution < 1.29 is 18.7 Å². The van der Waals surface area contributed by atoms with Gasteiger partial charge in [0.1, 0.15) is 22.8 Å². The van der Waals surface area contributed by atoms with Crippen LogP contribution in [0.4, 0.5) is 0 Å². The van der Waals surface area contributed by atoms with Gasteiger partial charge in [-0.2, -0.15) is 0 Å². The van der Waals surface area contributed by atoms with Gasteiger partial charge in [-0.1, -0.05) is 42.0 Å². The molecule has 0 aliphatic rings. The van der Waals surface area contributed by atoms with Crippen LogP contribution in [0.3, 0.4) is 0 Å². The maximum absolute atomic E-state index is 12.8. The van der Waals surface area contributed by atoms with Crippen LogP contribution >= 0.6 is 0 Å². The summed E-state index contributed by atoms with van der Waals surface area (Å²) in [6.07, 6.45) is 0. The van der Waals surface area contributed by atoms with Gasteiger partial charge in [0.15, 0.2) is 0 Å². The van der Waals surface area contributed by atoms with Crippen molar-refractivity contribution >= 4 is 5.97 Å². The summed E-state index contributed by atoms with van der Waals surface area (Å²) in [4.78, 5) is 12.8. The maximum Gasteiger partial charge on any atom is 0.342 e. The second-order valence-electron chi connectivity index (χ2n) is 6.03. The van der Waals surface area contributed by atoms with Crippen molar-refractivity contribution in [2.24, 2.45) is 0 Å². The molecule has 0 aliphatic heterocycles. The van der Waals surface area contributed by atoms with E-state index in [9.17, 15) is 4.79 Å². The summed E-state index contributed by atoms with van der Waals surface area (Å²) in [6, 6.07) is 15.4. The van der Waals surface area contributed by atoms with Crippen molar-refractivity contribution in [2.45, 2.75) is 20.8 Å². The van der Waals surface area contributed by atoms with Gasteiger partial charge in [-0.15, -0.1) is 0 Å². The fourth-order valence-electron chi connectivity index (χ4n) is 3.08. The van der Waals surface area contributed by atoms with E-state index < -0.39 is 5.97 Å². The van der Waals surface area contributed by atoms with E-state index >= 15 is 0 Å². The Morgan fingerprint density at radius 2 is 1.81 bits per heavy atom. The lowest BCUT2D eigenvalue weighted by atomic mass is 9.96. The van der Waals surface area contributed by atoms with Crippen LogP contribution in [0, 0.1) is 13.8 Å². The number of rotatable bonds is 5. The fourth-order valence-corrected chi connectivity index (χ4v) is 3.08. The molecule has 4 nitrogen and oxygen atoms in total. The zero-order chi connectivity index (χ0) is 18.7. The van der Waals surface area contributed by atoms with Crippen molar-refractivity contribution in [3.63, 3.8) is 0 Å². The van der Waals surface area contributed by atoms with E-state index in [2.05, 4.69) is 0 Å². The predicted octanol–water partition coefficient (Wildman–Crippen LogP) is 5.42. The van der Waals surface area contributed by atoms with Crippen LogP contribution in [0.15, 0.2) is 52.9 Å². The summed E-state index contributed by atoms with van der Waals surface area (Å²) in [7, 11) is 1.62. The Hall–Kier alpha value is -3.01. The van der Waals surface area contributed by atoms with E-state index in [4.69, 9.17) is 13.9 Å². The lowest BCUT2D eigenvalue weighted by Crippen LogP contribution is -2.07. The van der Waals surface area contributed by atoms with Gasteiger partial charge in [0.05, 0.1) is 13.7 Å². The molecule has 0 fully saturated rings. The number of carbonyl (C=O) groups excluding carboxylic acids is 1. The van der Waals surface area contributed by atoms with Crippen LogP contribution < -0.4 is 4.74 Å². The monoisotopic (exact) mass is 350 g/mol. The Labute approximate surface area is 153 Å². The fraction of sp³-hybridized carbons (Fsp3) is 0.227. The predicted molar refractivity (Wildman–Crippen MR) is 102 cm³/mol. The van der Waals surface area contributed by atoms with E-state index in [1.165, 1.54) is 0 Å². The third-order valence-electron chi connectivity index (χ3n) is 4.22. The molecular formula is C22H22O4. The summed E-state index contributed by atoms with van der Waals surface area (Å²) in [6.45, 7) is 5.94. The Morgan fingerprint density at radius 1 is 1.08 bits per heavy atom. The van der Waals surface area contributed by atoms with Crippen LogP contribution in [0.1, 0.15) is 28.6 Å². The van der Waals surface area contributed by atoms with E-state index in [1.54, 1.807) is 14.0 Å². The Kier molecular flexibility index (Phi) is 5.12. The number of furan rings is 1. The molecule has 4 heteroatoms. The van der Waals surface area contributed by atoms with Crippen molar-refractivity contribution in [2.75, 3.05) is 13.7 Å². The zero-order valence-electron chi connectivity index (χ0n) is 15.5. The molecular weight excluding hydrogens is 328 g/mol. The molecule has 0 amide bonds. The highest BCUT2D eigenvalue weighted by molar-refractivity contribution is 6.04. The van der Waals surface area contributed by atoms with Crippen molar-refractivity contribution in [1.29, 1.82) is 0 Å². The van der Waals surface area contributed by atoms with Gasteiger partial charge in [-0.25, -0.2) is 4.79 Å². The molecule has 3 rings (SSSR count). The average Bonchev–Trinajstić information content (AvgIpc) is 3.00. The number of methoxy groups -OCH3 is 1. The first-order chi connectivity index (χ1) is 12.6. The first-order valence-corrected chi connectivity index (χ1v) is 8.57. The molecule has 0 bridgehead atoms. The highest BCUT2D eigenvalue weighted by Crippen LogP contribution is 2.42. The average molecular weight is 350 g/mol. The molecule has 0 radical (unpaired) electrons. The van der Waals surface area contributed by atoms with E-state index in [1.807, 2.05) is 62.4 Å². The molecule has 26 heavy (non-hydrogen) atoms. The highest BCUT2D eigenvalue weighted by Gasteiger charge is 2.28. The molecule has 0 saturated heterocycles.